The minimum atomic E-state index is -1.10. The van der Waals surface area contributed by atoms with Gasteiger partial charge in [-0.1, -0.05) is 26.7 Å². The van der Waals surface area contributed by atoms with E-state index in [0.717, 1.165) is 25.7 Å². The topological polar surface area (TPSA) is 66.4 Å². The molecule has 3 rings (SSSR count). The smallest absolute Gasteiger partial charge is 0.221 e. The molecule has 0 aliphatic carbocycles. The molecule has 0 aromatic carbocycles. The second-order valence-corrected chi connectivity index (χ2v) is 6.12. The van der Waals surface area contributed by atoms with Crippen molar-refractivity contribution in [3.05, 3.63) is 0 Å². The first-order chi connectivity index (χ1) is 10.1. The highest BCUT2D eigenvalue weighted by Gasteiger charge is 2.60. The summed E-state index contributed by atoms with van der Waals surface area (Å²) in [6.45, 7) is 5.76. The van der Waals surface area contributed by atoms with Crippen LogP contribution in [0.2, 0.25) is 0 Å². The van der Waals surface area contributed by atoms with E-state index in [4.69, 9.17) is 23.7 Å². The van der Waals surface area contributed by atoms with E-state index in [1.165, 1.54) is 0 Å². The van der Waals surface area contributed by atoms with Crippen LogP contribution >= 0.6 is 0 Å². The Morgan fingerprint density at radius 2 is 1.81 bits per heavy atom. The van der Waals surface area contributed by atoms with Crippen LogP contribution in [0.1, 0.15) is 39.5 Å². The Labute approximate surface area is 125 Å². The molecule has 3 aliphatic heterocycles. The highest BCUT2D eigenvalue weighted by Crippen LogP contribution is 2.43. The summed E-state index contributed by atoms with van der Waals surface area (Å²) in [6.07, 6.45) is 2.04. The first-order valence-electron chi connectivity index (χ1n) is 8.04. The molecule has 3 saturated heterocycles. The Morgan fingerprint density at radius 3 is 2.43 bits per heavy atom. The third-order valence-electron chi connectivity index (χ3n) is 4.48. The van der Waals surface area contributed by atoms with Crippen molar-refractivity contribution < 1.29 is 28.8 Å². The molecule has 3 aliphatic rings. The van der Waals surface area contributed by atoms with Gasteiger partial charge < -0.3 is 28.8 Å². The lowest BCUT2D eigenvalue weighted by molar-refractivity contribution is -0.361. The summed E-state index contributed by atoms with van der Waals surface area (Å²) in [6, 6.07) is 0. The van der Waals surface area contributed by atoms with Crippen LogP contribution < -0.4 is 0 Å². The van der Waals surface area contributed by atoms with Crippen LogP contribution in [0.15, 0.2) is 0 Å². The molecule has 1 spiro atoms. The van der Waals surface area contributed by atoms with Crippen molar-refractivity contribution in [2.75, 3.05) is 26.4 Å². The van der Waals surface area contributed by atoms with Crippen molar-refractivity contribution in [3.63, 3.8) is 0 Å². The van der Waals surface area contributed by atoms with Gasteiger partial charge in [-0.15, -0.1) is 0 Å². The number of fused-ring (bicyclic) bond motifs is 1. The van der Waals surface area contributed by atoms with Gasteiger partial charge in [-0.05, 0) is 0 Å². The van der Waals surface area contributed by atoms with Crippen LogP contribution in [0.3, 0.4) is 0 Å². The minimum Gasteiger partial charge on any atom is -0.385 e. The van der Waals surface area contributed by atoms with E-state index < -0.39 is 23.8 Å². The van der Waals surface area contributed by atoms with Gasteiger partial charge in [0.1, 0.15) is 24.9 Å². The highest BCUT2D eigenvalue weighted by molar-refractivity contribution is 5.00. The number of ether oxygens (including phenoxy) is 5. The van der Waals surface area contributed by atoms with E-state index in [2.05, 4.69) is 13.8 Å². The van der Waals surface area contributed by atoms with E-state index in [0.29, 0.717) is 19.8 Å². The molecule has 122 valence electrons. The summed E-state index contributed by atoms with van der Waals surface area (Å²) in [4.78, 5) is 0. The Kier molecular flexibility index (Phi) is 4.55. The molecular weight excluding hydrogens is 276 g/mol. The van der Waals surface area contributed by atoms with Crippen molar-refractivity contribution >= 4 is 0 Å². The molecule has 6 heteroatoms. The summed E-state index contributed by atoms with van der Waals surface area (Å²) >= 11 is 0. The lowest BCUT2D eigenvalue weighted by Gasteiger charge is -2.45. The van der Waals surface area contributed by atoms with Crippen LogP contribution in [0, 0.1) is 0 Å². The average molecular weight is 302 g/mol. The normalized spacial score (nSPS) is 42.1. The third kappa shape index (κ3) is 2.73. The van der Waals surface area contributed by atoms with Gasteiger partial charge in [-0.2, -0.15) is 0 Å². The molecule has 3 fully saturated rings. The third-order valence-corrected chi connectivity index (χ3v) is 4.48. The second kappa shape index (κ2) is 6.10. The Bertz CT molecular complexity index is 348. The standard InChI is InChI=1S/C15H26O6/c1-3-5-14(6-4-2)20-11-9-19-15(10-17-7-8-18-15)13(16)12(11)21-14/h11-13,16H,3-10H2,1-2H3/t11-,12-,13+,15-/m1/s1. The van der Waals surface area contributed by atoms with Crippen molar-refractivity contribution in [1.82, 2.24) is 0 Å². The van der Waals surface area contributed by atoms with Crippen LogP contribution in [0.4, 0.5) is 0 Å². The van der Waals surface area contributed by atoms with Crippen molar-refractivity contribution in [1.29, 1.82) is 0 Å². The summed E-state index contributed by atoms with van der Waals surface area (Å²) in [5, 5.41) is 10.7. The van der Waals surface area contributed by atoms with E-state index in [1.54, 1.807) is 0 Å². The van der Waals surface area contributed by atoms with E-state index in [9.17, 15) is 5.11 Å². The van der Waals surface area contributed by atoms with Gasteiger partial charge in [0.15, 0.2) is 5.79 Å². The SMILES string of the molecule is CCCC1(CCC)O[C@@H]2[C@@H](CO[C@]3(COCCO3)[C@H]2O)O1. The van der Waals surface area contributed by atoms with Gasteiger partial charge >= 0.3 is 0 Å². The number of aliphatic hydroxyl groups is 1. The first kappa shape index (κ1) is 15.6. The average Bonchev–Trinajstić information content (AvgIpc) is 2.85. The summed E-state index contributed by atoms with van der Waals surface area (Å²) in [7, 11) is 0. The quantitative estimate of drug-likeness (QED) is 0.842. The van der Waals surface area contributed by atoms with Gasteiger partial charge in [-0.3, -0.25) is 0 Å². The van der Waals surface area contributed by atoms with Crippen LogP contribution in [0.5, 0.6) is 0 Å². The number of rotatable bonds is 4. The molecule has 4 atom stereocenters. The van der Waals surface area contributed by atoms with Gasteiger partial charge in [-0.25, -0.2) is 0 Å². The first-order valence-corrected chi connectivity index (χ1v) is 8.04. The molecule has 1 N–H and O–H groups in total. The molecule has 3 heterocycles. The lowest BCUT2D eigenvalue weighted by Crippen LogP contribution is -2.64. The maximum atomic E-state index is 10.7. The van der Waals surface area contributed by atoms with Crippen molar-refractivity contribution in [2.24, 2.45) is 0 Å². The lowest BCUT2D eigenvalue weighted by atomic mass is 9.97. The highest BCUT2D eigenvalue weighted by atomic mass is 16.8. The monoisotopic (exact) mass is 302 g/mol. The van der Waals surface area contributed by atoms with Gasteiger partial charge in [0.05, 0.1) is 19.8 Å². The number of hydrogen-bond donors (Lipinski definition) is 1. The molecule has 21 heavy (non-hydrogen) atoms. The minimum absolute atomic E-state index is 0.231. The fourth-order valence-corrected chi connectivity index (χ4v) is 3.56. The zero-order valence-corrected chi connectivity index (χ0v) is 12.9. The van der Waals surface area contributed by atoms with Crippen molar-refractivity contribution in [3.8, 4) is 0 Å². The zero-order chi connectivity index (χ0) is 14.9. The van der Waals surface area contributed by atoms with Crippen LogP contribution in [-0.4, -0.2) is 61.4 Å². The fourth-order valence-electron chi connectivity index (χ4n) is 3.56. The van der Waals surface area contributed by atoms with Crippen molar-refractivity contribution in [2.45, 2.75) is 69.4 Å². The molecule has 0 radical (unpaired) electrons. The van der Waals surface area contributed by atoms with Gasteiger partial charge in [0.25, 0.3) is 0 Å². The maximum Gasteiger partial charge on any atom is 0.221 e. The van der Waals surface area contributed by atoms with E-state index in [1.807, 2.05) is 0 Å². The Morgan fingerprint density at radius 1 is 1.05 bits per heavy atom. The van der Waals surface area contributed by atoms with E-state index in [-0.39, 0.29) is 12.7 Å². The summed E-state index contributed by atoms with van der Waals surface area (Å²) in [5.74, 6) is -1.69. The second-order valence-electron chi connectivity index (χ2n) is 6.12. The zero-order valence-electron chi connectivity index (χ0n) is 12.9. The predicted molar refractivity (Wildman–Crippen MR) is 73.8 cm³/mol. The molecule has 6 nitrogen and oxygen atoms in total. The molecule has 0 amide bonds. The van der Waals surface area contributed by atoms with Crippen LogP contribution in [0.25, 0.3) is 0 Å². The van der Waals surface area contributed by atoms with Crippen LogP contribution in [-0.2, 0) is 23.7 Å². The fraction of sp³-hybridized carbons (Fsp3) is 1.00. The molecule has 0 saturated carbocycles. The Hall–Kier alpha value is -0.240. The van der Waals surface area contributed by atoms with Gasteiger partial charge in [0, 0.05) is 12.8 Å². The van der Waals surface area contributed by atoms with E-state index >= 15 is 0 Å². The maximum absolute atomic E-state index is 10.7. The molecule has 0 aromatic rings. The molecule has 0 unspecified atom stereocenters. The molecule has 0 bridgehead atoms. The Balaban J connectivity index is 1.75. The number of hydrogen-bond acceptors (Lipinski definition) is 6. The molecule has 0 aromatic heterocycles. The largest absolute Gasteiger partial charge is 0.385 e. The number of aliphatic hydroxyl groups excluding tert-OH is 1. The van der Waals surface area contributed by atoms with Gasteiger partial charge in [0.2, 0.25) is 5.79 Å². The summed E-state index contributed by atoms with van der Waals surface area (Å²) < 4.78 is 29.2. The molecular formula is C15H26O6. The summed E-state index contributed by atoms with van der Waals surface area (Å²) in [5.41, 5.74) is 0. The predicted octanol–water partition coefficient (Wildman–Crippen LogP) is 1.20.